The molecule has 146 valence electrons. The molecule has 0 fully saturated rings. The lowest BCUT2D eigenvalue weighted by atomic mass is 10.1. The predicted octanol–water partition coefficient (Wildman–Crippen LogP) is 5.06. The molecule has 0 unspecified atom stereocenters. The summed E-state index contributed by atoms with van der Waals surface area (Å²) >= 11 is 6.55. The molecule has 1 aromatic heterocycles. The number of carbonyl (C=O) groups is 1. The average Bonchev–Trinajstić information content (AvgIpc) is 3.09. The number of rotatable bonds is 6. The second-order valence-electron chi connectivity index (χ2n) is 5.65. The monoisotopic (exact) mass is 427 g/mol. The number of hydrogen-bond donors (Lipinski definition) is 1. The Labute approximate surface area is 167 Å². The van der Waals surface area contributed by atoms with Gasteiger partial charge in [0, 0.05) is 5.02 Å². The van der Waals surface area contributed by atoms with Crippen LogP contribution < -0.4 is 5.32 Å². The summed E-state index contributed by atoms with van der Waals surface area (Å²) in [6.45, 7) is 0. The van der Waals surface area contributed by atoms with E-state index in [1.54, 1.807) is 0 Å². The van der Waals surface area contributed by atoms with Gasteiger partial charge in [0.05, 0.1) is 23.4 Å². The maximum Gasteiger partial charge on any atom is 0.418 e. The molecule has 2 aromatic carbocycles. The highest BCUT2D eigenvalue weighted by Gasteiger charge is 2.34. The van der Waals surface area contributed by atoms with E-state index in [1.807, 2.05) is 30.3 Å². The summed E-state index contributed by atoms with van der Waals surface area (Å²) < 4.78 is 44.6. The molecule has 1 N–H and O–H groups in total. The average molecular weight is 428 g/mol. The molecule has 0 bridgehead atoms. The Morgan fingerprint density at radius 2 is 1.89 bits per heavy atom. The number of halogens is 4. The van der Waals surface area contributed by atoms with Crippen LogP contribution in [0.5, 0.6) is 0 Å². The number of thioether (sulfide) groups is 1. The zero-order valence-electron chi connectivity index (χ0n) is 14.2. The highest BCUT2D eigenvalue weighted by atomic mass is 35.5. The third kappa shape index (κ3) is 5.49. The van der Waals surface area contributed by atoms with Gasteiger partial charge in [-0.1, -0.05) is 53.7 Å². The van der Waals surface area contributed by atoms with Crippen LogP contribution in [-0.2, 0) is 17.4 Å². The summed E-state index contributed by atoms with van der Waals surface area (Å²) in [6, 6.07) is 12.6. The van der Waals surface area contributed by atoms with E-state index in [0.29, 0.717) is 12.3 Å². The van der Waals surface area contributed by atoms with Crippen molar-refractivity contribution in [3.8, 4) is 0 Å². The molecular weight excluding hydrogens is 415 g/mol. The van der Waals surface area contributed by atoms with E-state index in [4.69, 9.17) is 16.0 Å². The number of carbonyl (C=O) groups excluding carboxylic acids is 1. The van der Waals surface area contributed by atoms with Crippen molar-refractivity contribution in [2.45, 2.75) is 17.8 Å². The standard InChI is InChI=1S/C18H13ClF3N3O2S/c19-12-6-7-14(13(9-12)18(20,21)22)23-15(26)10-28-17-25-24-16(27-17)8-11-4-2-1-3-5-11/h1-7,9H,8,10H2,(H,23,26). The van der Waals surface area contributed by atoms with E-state index in [9.17, 15) is 18.0 Å². The molecule has 0 atom stereocenters. The second kappa shape index (κ2) is 8.66. The highest BCUT2D eigenvalue weighted by molar-refractivity contribution is 7.99. The quantitative estimate of drug-likeness (QED) is 0.557. The molecular formula is C18H13ClF3N3O2S. The third-order valence-corrected chi connectivity index (χ3v) is 4.59. The first-order valence-electron chi connectivity index (χ1n) is 7.97. The van der Waals surface area contributed by atoms with Gasteiger partial charge in [-0.15, -0.1) is 10.2 Å². The number of aromatic nitrogens is 2. The normalized spacial score (nSPS) is 11.4. The van der Waals surface area contributed by atoms with Gasteiger partial charge in [-0.3, -0.25) is 4.79 Å². The molecule has 0 aliphatic heterocycles. The first-order valence-corrected chi connectivity index (χ1v) is 9.33. The summed E-state index contributed by atoms with van der Waals surface area (Å²) in [6.07, 6.45) is -4.19. The number of benzene rings is 2. The number of nitrogens with one attached hydrogen (secondary N) is 1. The summed E-state index contributed by atoms with van der Waals surface area (Å²) in [5, 5.41) is 10.0. The van der Waals surface area contributed by atoms with Crippen LogP contribution in [0, 0.1) is 0 Å². The van der Waals surface area contributed by atoms with Crippen molar-refractivity contribution in [3.05, 3.63) is 70.6 Å². The molecule has 10 heteroatoms. The Hall–Kier alpha value is -2.52. The smallest absolute Gasteiger partial charge is 0.416 e. The van der Waals surface area contributed by atoms with Crippen molar-refractivity contribution >= 4 is 35.0 Å². The molecule has 1 amide bonds. The van der Waals surface area contributed by atoms with Crippen LogP contribution in [0.1, 0.15) is 17.0 Å². The summed E-state index contributed by atoms with van der Waals surface area (Å²) in [7, 11) is 0. The molecule has 0 aliphatic carbocycles. The minimum atomic E-state index is -4.64. The lowest BCUT2D eigenvalue weighted by Gasteiger charge is -2.13. The fourth-order valence-corrected chi connectivity index (χ4v) is 3.06. The summed E-state index contributed by atoms with van der Waals surface area (Å²) in [5.74, 6) is -0.445. The minimum absolute atomic E-state index is 0.0727. The Kier molecular flexibility index (Phi) is 6.25. The highest BCUT2D eigenvalue weighted by Crippen LogP contribution is 2.36. The molecule has 0 saturated carbocycles. The Morgan fingerprint density at radius 1 is 1.14 bits per heavy atom. The predicted molar refractivity (Wildman–Crippen MR) is 99.4 cm³/mol. The summed E-state index contributed by atoms with van der Waals surface area (Å²) in [5.41, 5.74) is -0.387. The van der Waals surface area contributed by atoms with Gasteiger partial charge in [0.1, 0.15) is 0 Å². The van der Waals surface area contributed by atoms with Crippen molar-refractivity contribution in [3.63, 3.8) is 0 Å². The maximum absolute atomic E-state index is 13.1. The Morgan fingerprint density at radius 3 is 2.61 bits per heavy atom. The molecule has 0 aliphatic rings. The van der Waals surface area contributed by atoms with E-state index in [1.165, 1.54) is 6.07 Å². The number of anilines is 1. The van der Waals surface area contributed by atoms with E-state index in [-0.39, 0.29) is 21.7 Å². The van der Waals surface area contributed by atoms with Crippen molar-refractivity contribution in [2.75, 3.05) is 11.1 Å². The fraction of sp³-hybridized carbons (Fsp3) is 0.167. The largest absolute Gasteiger partial charge is 0.418 e. The molecule has 1 heterocycles. The molecule has 3 aromatic rings. The van der Waals surface area contributed by atoms with Crippen LogP contribution in [0.3, 0.4) is 0 Å². The van der Waals surface area contributed by atoms with Crippen LogP contribution >= 0.6 is 23.4 Å². The van der Waals surface area contributed by atoms with Gasteiger partial charge >= 0.3 is 6.18 Å². The van der Waals surface area contributed by atoms with Crippen LogP contribution in [0.15, 0.2) is 58.2 Å². The SMILES string of the molecule is O=C(CSc1nnc(Cc2ccccc2)o1)Nc1ccc(Cl)cc1C(F)(F)F. The van der Waals surface area contributed by atoms with Gasteiger partial charge in [0.15, 0.2) is 0 Å². The first kappa shape index (κ1) is 20.2. The fourth-order valence-electron chi connectivity index (χ4n) is 2.31. The van der Waals surface area contributed by atoms with E-state index in [0.717, 1.165) is 29.5 Å². The van der Waals surface area contributed by atoms with Crippen molar-refractivity contribution in [2.24, 2.45) is 0 Å². The van der Waals surface area contributed by atoms with Crippen molar-refractivity contribution in [1.29, 1.82) is 0 Å². The van der Waals surface area contributed by atoms with Gasteiger partial charge in [-0.05, 0) is 23.8 Å². The zero-order chi connectivity index (χ0) is 20.1. The van der Waals surface area contributed by atoms with Gasteiger partial charge in [0.2, 0.25) is 11.8 Å². The van der Waals surface area contributed by atoms with Crippen LogP contribution in [0.4, 0.5) is 18.9 Å². The summed E-state index contributed by atoms with van der Waals surface area (Å²) in [4.78, 5) is 12.0. The Bertz CT molecular complexity index is 964. The van der Waals surface area contributed by atoms with Gasteiger partial charge in [0.25, 0.3) is 5.22 Å². The lowest BCUT2D eigenvalue weighted by Crippen LogP contribution is -2.18. The molecule has 0 radical (unpaired) electrons. The molecule has 5 nitrogen and oxygen atoms in total. The van der Waals surface area contributed by atoms with Crippen molar-refractivity contribution in [1.82, 2.24) is 10.2 Å². The van der Waals surface area contributed by atoms with Gasteiger partial charge < -0.3 is 9.73 Å². The molecule has 3 rings (SSSR count). The minimum Gasteiger partial charge on any atom is -0.416 e. The zero-order valence-corrected chi connectivity index (χ0v) is 15.7. The molecule has 0 spiro atoms. The first-order chi connectivity index (χ1) is 13.3. The topological polar surface area (TPSA) is 68.0 Å². The van der Waals surface area contributed by atoms with E-state index in [2.05, 4.69) is 15.5 Å². The van der Waals surface area contributed by atoms with Crippen LogP contribution in [0.2, 0.25) is 5.02 Å². The number of amides is 1. The third-order valence-electron chi connectivity index (χ3n) is 3.53. The maximum atomic E-state index is 13.1. The number of alkyl halides is 3. The van der Waals surface area contributed by atoms with Crippen LogP contribution in [-0.4, -0.2) is 21.9 Å². The van der Waals surface area contributed by atoms with Gasteiger partial charge in [-0.2, -0.15) is 13.2 Å². The second-order valence-corrected chi connectivity index (χ2v) is 7.01. The van der Waals surface area contributed by atoms with E-state index < -0.39 is 17.6 Å². The Balaban J connectivity index is 1.58. The number of hydrogen-bond acceptors (Lipinski definition) is 5. The van der Waals surface area contributed by atoms with E-state index >= 15 is 0 Å². The van der Waals surface area contributed by atoms with Crippen LogP contribution in [0.25, 0.3) is 0 Å². The lowest BCUT2D eigenvalue weighted by molar-refractivity contribution is -0.137. The molecule has 28 heavy (non-hydrogen) atoms. The number of nitrogens with zero attached hydrogens (tertiary/aromatic N) is 2. The van der Waals surface area contributed by atoms with Gasteiger partial charge in [-0.25, -0.2) is 0 Å². The van der Waals surface area contributed by atoms with Crippen molar-refractivity contribution < 1.29 is 22.4 Å². The molecule has 0 saturated heterocycles.